The topological polar surface area (TPSA) is 50.4 Å². The van der Waals surface area contributed by atoms with Crippen molar-refractivity contribution in [3.8, 4) is 0 Å². The fraction of sp³-hybridized carbons (Fsp3) is 0.100. The van der Waals surface area contributed by atoms with Crippen molar-refractivity contribution >= 4 is 28.5 Å². The Morgan fingerprint density at radius 1 is 1.50 bits per heavy atom. The van der Waals surface area contributed by atoms with Crippen LogP contribution in [0, 0.1) is 6.92 Å². The van der Waals surface area contributed by atoms with Gasteiger partial charge in [-0.1, -0.05) is 11.6 Å². The second-order valence-electron chi connectivity index (χ2n) is 3.01. The zero-order chi connectivity index (χ0) is 10.3. The number of aryl methyl sites for hydroxylation is 1. The van der Waals surface area contributed by atoms with Gasteiger partial charge in [0.1, 0.15) is 5.58 Å². The molecule has 1 heterocycles. The molecule has 4 heteroatoms. The third kappa shape index (κ3) is 1.26. The van der Waals surface area contributed by atoms with E-state index in [4.69, 9.17) is 21.1 Å². The summed E-state index contributed by atoms with van der Waals surface area (Å²) < 4.78 is 5.16. The molecule has 2 rings (SSSR count). The van der Waals surface area contributed by atoms with Crippen molar-refractivity contribution < 1.29 is 14.3 Å². The highest BCUT2D eigenvalue weighted by Crippen LogP contribution is 2.27. The van der Waals surface area contributed by atoms with Gasteiger partial charge in [0.05, 0.1) is 0 Å². The minimum absolute atomic E-state index is 0.0645. The number of fused-ring (bicyclic) bond motifs is 1. The quantitative estimate of drug-likeness (QED) is 0.787. The average molecular weight is 211 g/mol. The van der Waals surface area contributed by atoms with Crippen LogP contribution in [0.15, 0.2) is 22.6 Å². The molecule has 0 radical (unpaired) electrons. The largest absolute Gasteiger partial charge is 0.475 e. The van der Waals surface area contributed by atoms with E-state index in [0.717, 1.165) is 10.9 Å². The van der Waals surface area contributed by atoms with Gasteiger partial charge in [0.15, 0.2) is 0 Å². The Labute approximate surface area is 84.9 Å². The lowest BCUT2D eigenvalue weighted by atomic mass is 10.2. The molecule has 3 nitrogen and oxygen atoms in total. The van der Waals surface area contributed by atoms with Crippen LogP contribution in [0.1, 0.15) is 16.1 Å². The fourth-order valence-electron chi connectivity index (χ4n) is 1.32. The smallest absolute Gasteiger partial charge is 0.371 e. The van der Waals surface area contributed by atoms with Crippen molar-refractivity contribution in [1.29, 1.82) is 0 Å². The predicted octanol–water partition coefficient (Wildman–Crippen LogP) is 3.09. The summed E-state index contributed by atoms with van der Waals surface area (Å²) in [7, 11) is 0. The van der Waals surface area contributed by atoms with Crippen molar-refractivity contribution in [2.24, 2.45) is 0 Å². The molecule has 0 amide bonds. The van der Waals surface area contributed by atoms with Gasteiger partial charge in [-0.3, -0.25) is 0 Å². The molecule has 0 unspecified atom stereocenters. The number of carbonyl (C=O) groups is 1. The van der Waals surface area contributed by atoms with E-state index in [-0.39, 0.29) is 5.76 Å². The van der Waals surface area contributed by atoms with Gasteiger partial charge in [-0.05, 0) is 25.1 Å². The molecule has 72 valence electrons. The van der Waals surface area contributed by atoms with Crippen LogP contribution in [-0.2, 0) is 0 Å². The number of carboxylic acids is 1. The number of halogens is 1. The molecule has 0 aliphatic heterocycles. The van der Waals surface area contributed by atoms with Crippen molar-refractivity contribution in [1.82, 2.24) is 0 Å². The van der Waals surface area contributed by atoms with Crippen LogP contribution in [-0.4, -0.2) is 11.1 Å². The number of hydrogen-bond donors (Lipinski definition) is 1. The van der Waals surface area contributed by atoms with E-state index in [1.54, 1.807) is 19.1 Å². The van der Waals surface area contributed by atoms with Crippen molar-refractivity contribution in [3.63, 3.8) is 0 Å². The molecule has 2 aromatic rings. The lowest BCUT2D eigenvalue weighted by molar-refractivity contribution is 0.0665. The lowest BCUT2D eigenvalue weighted by Gasteiger charge is -1.96. The van der Waals surface area contributed by atoms with E-state index in [2.05, 4.69) is 0 Å². The normalized spacial score (nSPS) is 10.7. The Bertz CT molecular complexity index is 513. The Morgan fingerprint density at radius 2 is 2.21 bits per heavy atom. The van der Waals surface area contributed by atoms with Gasteiger partial charge in [-0.2, -0.15) is 0 Å². The van der Waals surface area contributed by atoms with Crippen molar-refractivity contribution in [2.75, 3.05) is 0 Å². The average Bonchev–Trinajstić information content (AvgIpc) is 2.56. The molecule has 0 aliphatic carbocycles. The van der Waals surface area contributed by atoms with Crippen LogP contribution in [0.2, 0.25) is 5.02 Å². The first-order chi connectivity index (χ1) is 6.59. The van der Waals surface area contributed by atoms with Crippen LogP contribution in [0.3, 0.4) is 0 Å². The molecular weight excluding hydrogens is 204 g/mol. The minimum atomic E-state index is -1.07. The first-order valence-electron chi connectivity index (χ1n) is 4.01. The molecule has 1 N–H and O–H groups in total. The highest BCUT2D eigenvalue weighted by molar-refractivity contribution is 6.32. The highest BCUT2D eigenvalue weighted by Gasteiger charge is 2.12. The lowest BCUT2D eigenvalue weighted by Crippen LogP contribution is -1.91. The van der Waals surface area contributed by atoms with Gasteiger partial charge >= 0.3 is 5.97 Å². The number of carboxylic acid groups (broad SMARTS) is 1. The van der Waals surface area contributed by atoms with Crippen LogP contribution in [0.4, 0.5) is 0 Å². The third-order valence-corrected chi connectivity index (χ3v) is 2.49. The van der Waals surface area contributed by atoms with Crippen LogP contribution in [0.5, 0.6) is 0 Å². The Morgan fingerprint density at radius 3 is 2.86 bits per heavy atom. The standard InChI is InChI=1S/C10H7ClO3/c1-5-7(11)3-2-6-4-8(10(12)13)14-9(5)6/h2-4H,1H3,(H,12,13). The zero-order valence-corrected chi connectivity index (χ0v) is 8.13. The zero-order valence-electron chi connectivity index (χ0n) is 7.37. The molecule has 0 atom stereocenters. The molecule has 0 aliphatic rings. The second kappa shape index (κ2) is 3.03. The van der Waals surface area contributed by atoms with Crippen LogP contribution >= 0.6 is 11.6 Å². The Kier molecular flexibility index (Phi) is 1.97. The van der Waals surface area contributed by atoms with E-state index >= 15 is 0 Å². The van der Waals surface area contributed by atoms with Gasteiger partial charge in [0.25, 0.3) is 0 Å². The Hall–Kier alpha value is -1.48. The van der Waals surface area contributed by atoms with Gasteiger partial charge in [-0.25, -0.2) is 4.79 Å². The van der Waals surface area contributed by atoms with E-state index in [1.807, 2.05) is 0 Å². The summed E-state index contributed by atoms with van der Waals surface area (Å²) in [5.41, 5.74) is 1.30. The molecular formula is C10H7ClO3. The maximum absolute atomic E-state index is 10.6. The molecule has 14 heavy (non-hydrogen) atoms. The predicted molar refractivity (Wildman–Crippen MR) is 52.9 cm³/mol. The summed E-state index contributed by atoms with van der Waals surface area (Å²) in [5, 5.41) is 10.0. The molecule has 1 aromatic heterocycles. The SMILES string of the molecule is Cc1c(Cl)ccc2cc(C(=O)O)oc12. The van der Waals surface area contributed by atoms with Crippen molar-refractivity contribution in [2.45, 2.75) is 6.92 Å². The van der Waals surface area contributed by atoms with Crippen molar-refractivity contribution in [3.05, 3.63) is 34.5 Å². The first-order valence-corrected chi connectivity index (χ1v) is 4.39. The summed E-state index contributed by atoms with van der Waals surface area (Å²) >= 11 is 5.87. The van der Waals surface area contributed by atoms with Crippen LogP contribution < -0.4 is 0 Å². The van der Waals surface area contributed by atoms with Gasteiger partial charge < -0.3 is 9.52 Å². The summed E-state index contributed by atoms with van der Waals surface area (Å²) in [4.78, 5) is 10.6. The van der Waals surface area contributed by atoms with Crippen LogP contribution in [0.25, 0.3) is 11.0 Å². The minimum Gasteiger partial charge on any atom is -0.475 e. The van der Waals surface area contributed by atoms with E-state index in [0.29, 0.717) is 10.6 Å². The van der Waals surface area contributed by atoms with E-state index in [1.165, 1.54) is 6.07 Å². The molecule has 0 bridgehead atoms. The summed E-state index contributed by atoms with van der Waals surface area (Å²) in [6.07, 6.45) is 0. The summed E-state index contributed by atoms with van der Waals surface area (Å²) in [6, 6.07) is 4.95. The number of benzene rings is 1. The number of aromatic carboxylic acids is 1. The van der Waals surface area contributed by atoms with E-state index in [9.17, 15) is 4.79 Å². The molecule has 0 saturated carbocycles. The molecule has 0 saturated heterocycles. The molecule has 0 fully saturated rings. The summed E-state index contributed by atoms with van der Waals surface area (Å²) in [6.45, 7) is 1.79. The highest BCUT2D eigenvalue weighted by atomic mass is 35.5. The maximum atomic E-state index is 10.6. The monoisotopic (exact) mass is 210 g/mol. The first kappa shape index (κ1) is 9.09. The number of hydrogen-bond acceptors (Lipinski definition) is 2. The third-order valence-electron chi connectivity index (χ3n) is 2.08. The van der Waals surface area contributed by atoms with Gasteiger partial charge in [0, 0.05) is 16.0 Å². The Balaban J connectivity index is 2.77. The summed E-state index contributed by atoms with van der Waals surface area (Å²) in [5.74, 6) is -1.14. The van der Waals surface area contributed by atoms with Gasteiger partial charge in [-0.15, -0.1) is 0 Å². The second-order valence-corrected chi connectivity index (χ2v) is 3.41. The van der Waals surface area contributed by atoms with E-state index < -0.39 is 5.97 Å². The van der Waals surface area contributed by atoms with Gasteiger partial charge in [0.2, 0.25) is 5.76 Å². The maximum Gasteiger partial charge on any atom is 0.371 e. The molecule has 1 aromatic carbocycles. The fourth-order valence-corrected chi connectivity index (χ4v) is 1.47. The number of furan rings is 1. The molecule has 0 spiro atoms. The number of rotatable bonds is 1.